The first-order valence-corrected chi connectivity index (χ1v) is 12.5. The third-order valence-electron chi connectivity index (χ3n) is 7.86. The number of nitrogens with one attached hydrogen (secondary N) is 2. The van der Waals surface area contributed by atoms with Gasteiger partial charge >= 0.3 is 18.4 Å². The molecule has 3 rings (SSSR count). The third kappa shape index (κ3) is 6.61. The number of carbonyl (C=O) groups is 3. The second kappa shape index (κ2) is 10.4. The van der Waals surface area contributed by atoms with Gasteiger partial charge in [0.2, 0.25) is 11.8 Å². The Morgan fingerprint density at radius 2 is 1.77 bits per heavy atom. The fourth-order valence-electron chi connectivity index (χ4n) is 5.87. The first-order valence-electron chi connectivity index (χ1n) is 12.5. The number of aliphatic imine (C=N–C) groups is 1. The molecule has 10 nitrogen and oxygen atoms in total. The van der Waals surface area contributed by atoms with Crippen LogP contribution in [0.5, 0.6) is 0 Å². The number of hydrogen-bond acceptors (Lipinski definition) is 7. The summed E-state index contributed by atoms with van der Waals surface area (Å²) in [7, 11) is 0. The average Bonchev–Trinajstić information content (AvgIpc) is 3.08. The fourth-order valence-corrected chi connectivity index (χ4v) is 5.87. The molecule has 1 saturated carbocycles. The summed E-state index contributed by atoms with van der Waals surface area (Å²) < 4.78 is 81.1. The molecule has 3 aliphatic rings. The molecule has 0 aromatic carbocycles. The van der Waals surface area contributed by atoms with Gasteiger partial charge in [0, 0.05) is 6.54 Å². The number of piperidine rings is 1. The molecular formula is C24H30F6N5O5-. The van der Waals surface area contributed by atoms with Crippen LogP contribution in [0.4, 0.5) is 26.3 Å². The van der Waals surface area contributed by atoms with Gasteiger partial charge in [-0.2, -0.15) is 18.4 Å². The zero-order valence-electron chi connectivity index (χ0n) is 22.3. The van der Waals surface area contributed by atoms with Crippen LogP contribution in [0.1, 0.15) is 47.5 Å². The van der Waals surface area contributed by atoms with Gasteiger partial charge in [0.25, 0.3) is 0 Å². The van der Waals surface area contributed by atoms with Gasteiger partial charge in [-0.25, -0.2) is 0 Å². The molecule has 7 atom stereocenters. The molecule has 16 heteroatoms. The number of fused-ring (bicyclic) bond motifs is 1. The van der Waals surface area contributed by atoms with Gasteiger partial charge in [0.1, 0.15) is 18.1 Å². The van der Waals surface area contributed by atoms with Crippen molar-refractivity contribution in [2.75, 3.05) is 6.54 Å². The van der Waals surface area contributed by atoms with E-state index in [2.05, 4.69) is 15.0 Å². The smallest absolute Gasteiger partial charge is 0.522 e. The van der Waals surface area contributed by atoms with Crippen LogP contribution in [0.25, 0.3) is 0 Å². The van der Waals surface area contributed by atoms with Crippen molar-refractivity contribution < 1.29 is 50.6 Å². The first kappa shape index (κ1) is 31.4. The van der Waals surface area contributed by atoms with Crippen molar-refractivity contribution in [1.82, 2.24) is 15.5 Å². The Kier molecular flexibility index (Phi) is 8.16. The molecule has 40 heavy (non-hydrogen) atoms. The highest BCUT2D eigenvalue weighted by Gasteiger charge is 2.70. The van der Waals surface area contributed by atoms with E-state index < -0.39 is 83.2 Å². The molecule has 0 aromatic rings. The Balaban J connectivity index is 1.84. The summed E-state index contributed by atoms with van der Waals surface area (Å²) in [6, 6.07) is -3.09. The van der Waals surface area contributed by atoms with Crippen LogP contribution in [0.15, 0.2) is 4.99 Å². The van der Waals surface area contributed by atoms with Crippen LogP contribution in [0.2, 0.25) is 0 Å². The van der Waals surface area contributed by atoms with Crippen LogP contribution >= 0.6 is 0 Å². The quantitative estimate of drug-likeness (QED) is 0.414. The third-order valence-corrected chi connectivity index (χ3v) is 7.86. The minimum absolute atomic E-state index is 0.0765. The Morgan fingerprint density at radius 1 is 1.18 bits per heavy atom. The highest BCUT2D eigenvalue weighted by atomic mass is 19.4. The van der Waals surface area contributed by atoms with Crippen molar-refractivity contribution in [3.63, 3.8) is 0 Å². The summed E-state index contributed by atoms with van der Waals surface area (Å²) in [6.45, 7) is 7.52. The predicted octanol–water partition coefficient (Wildman–Crippen LogP) is 1.40. The number of alkyl halides is 6. The van der Waals surface area contributed by atoms with Crippen LogP contribution in [-0.2, 0) is 19.1 Å². The predicted molar refractivity (Wildman–Crippen MR) is 123 cm³/mol. The van der Waals surface area contributed by atoms with E-state index in [1.54, 1.807) is 27.7 Å². The lowest BCUT2D eigenvalue weighted by molar-refractivity contribution is -0.342. The molecule has 0 aromatic heterocycles. The number of hydrogen-bond donors (Lipinski definition) is 2. The van der Waals surface area contributed by atoms with Gasteiger partial charge in [-0.05, 0) is 62.7 Å². The molecule has 0 unspecified atom stereocenters. The molecule has 0 radical (unpaired) electrons. The molecule has 3 amide bonds. The van der Waals surface area contributed by atoms with E-state index in [4.69, 9.17) is 0 Å². The van der Waals surface area contributed by atoms with Crippen molar-refractivity contribution in [3.8, 4) is 6.07 Å². The lowest BCUT2D eigenvalue weighted by Crippen LogP contribution is -2.61. The van der Waals surface area contributed by atoms with E-state index in [0.29, 0.717) is 13.3 Å². The standard InChI is InChI=1S/C24H31F6N5O5/c1-10(40-24(28,29)30)15(33-20(39)23(25,26)27)19(38)35-9-13-14(22(13,4)5)16(35)18(37)32-12(8-31)6-11-7-21(2,3)34-17(11)36/h10-16H,6-7,9H2,1-5H3,(H,32,37)(H,33,39)(H,34,36)/p-1/t10-,11-,12+,13+,14+,15+,16+/m1/s1. The number of likely N-dealkylation sites (tertiary alicyclic amines) is 1. The van der Waals surface area contributed by atoms with E-state index in [1.807, 2.05) is 6.07 Å². The molecule has 1 saturated heterocycles. The Bertz CT molecular complexity index is 1110. The van der Waals surface area contributed by atoms with Crippen molar-refractivity contribution in [1.29, 1.82) is 5.26 Å². The van der Waals surface area contributed by atoms with Gasteiger partial charge in [-0.15, -0.1) is 13.2 Å². The molecule has 0 bridgehead atoms. The summed E-state index contributed by atoms with van der Waals surface area (Å²) in [5.74, 6) is -6.80. The Labute approximate surface area is 226 Å². The lowest BCUT2D eigenvalue weighted by atomic mass is 9.90. The molecule has 2 N–H and O–H groups in total. The maximum absolute atomic E-state index is 13.4. The number of nitrogens with zero attached hydrogens (tertiary/aromatic N) is 3. The van der Waals surface area contributed by atoms with Crippen LogP contribution in [0, 0.1) is 34.5 Å². The number of amides is 3. The van der Waals surface area contributed by atoms with Crippen molar-refractivity contribution in [2.24, 2.45) is 28.2 Å². The largest absolute Gasteiger partial charge is 0.862 e. The number of rotatable bonds is 8. The molecule has 1 aliphatic carbocycles. The number of ether oxygens (including phenoxy) is 1. The zero-order chi connectivity index (χ0) is 30.6. The summed E-state index contributed by atoms with van der Waals surface area (Å²) in [4.78, 5) is 43.2. The molecule has 2 heterocycles. The highest BCUT2D eigenvalue weighted by molar-refractivity contribution is 5.95. The minimum atomic E-state index is -5.51. The lowest BCUT2D eigenvalue weighted by Gasteiger charge is -2.35. The molecule has 224 valence electrons. The minimum Gasteiger partial charge on any atom is -0.862 e. The summed E-state index contributed by atoms with van der Waals surface area (Å²) in [6.07, 6.45) is -12.9. The number of halogens is 6. The molecule has 0 spiro atoms. The SMILES string of the molecule is C[C@@H](OC(F)(F)F)[C@H](NC(=O)C(F)(F)F)C(=O)N1C[C@H]2[C@@H]([C@H]1C(=O)N[C@H](C#N)C[C@@H]1CC(C)(C)N=C1[O-])C2(C)C. The molecule has 2 aliphatic heterocycles. The first-order chi connectivity index (χ1) is 18.1. The van der Waals surface area contributed by atoms with E-state index in [1.165, 1.54) is 5.32 Å². The highest BCUT2D eigenvalue weighted by Crippen LogP contribution is 2.65. The van der Waals surface area contributed by atoms with E-state index >= 15 is 0 Å². The van der Waals surface area contributed by atoms with E-state index in [-0.39, 0.29) is 18.9 Å². The zero-order valence-corrected chi connectivity index (χ0v) is 22.3. The second-order valence-electron chi connectivity index (χ2n) is 11.7. The van der Waals surface area contributed by atoms with Crippen LogP contribution in [-0.4, -0.2) is 77.4 Å². The molecule has 2 fully saturated rings. The van der Waals surface area contributed by atoms with Crippen LogP contribution < -0.4 is 15.7 Å². The second-order valence-corrected chi connectivity index (χ2v) is 11.7. The van der Waals surface area contributed by atoms with Gasteiger partial charge in [0.15, 0.2) is 0 Å². The molecular weight excluding hydrogens is 552 g/mol. The van der Waals surface area contributed by atoms with E-state index in [0.717, 1.165) is 4.90 Å². The Morgan fingerprint density at radius 3 is 2.25 bits per heavy atom. The monoisotopic (exact) mass is 582 g/mol. The topological polar surface area (TPSA) is 147 Å². The van der Waals surface area contributed by atoms with Crippen molar-refractivity contribution in [3.05, 3.63) is 0 Å². The number of nitriles is 1. The summed E-state index contributed by atoms with van der Waals surface area (Å²) >= 11 is 0. The Hall–Kier alpha value is -3.09. The van der Waals surface area contributed by atoms with E-state index in [9.17, 15) is 51.1 Å². The number of carbonyl (C=O) groups excluding carboxylic acids is 3. The van der Waals surface area contributed by atoms with Gasteiger partial charge in [-0.3, -0.25) is 24.1 Å². The maximum Gasteiger partial charge on any atom is 0.522 e. The average molecular weight is 583 g/mol. The summed E-state index contributed by atoms with van der Waals surface area (Å²) in [5.41, 5.74) is -1.14. The van der Waals surface area contributed by atoms with Gasteiger partial charge in [0.05, 0.1) is 17.7 Å². The normalized spacial score (nSPS) is 28.9. The van der Waals surface area contributed by atoms with Crippen molar-refractivity contribution in [2.45, 2.75) is 89.8 Å². The maximum atomic E-state index is 13.4. The summed E-state index contributed by atoms with van der Waals surface area (Å²) in [5, 5.41) is 25.6. The van der Waals surface area contributed by atoms with Crippen molar-refractivity contribution >= 4 is 23.6 Å². The fraction of sp³-hybridized carbons (Fsp3) is 0.792. The van der Waals surface area contributed by atoms with Crippen LogP contribution in [0.3, 0.4) is 0 Å². The van der Waals surface area contributed by atoms with Gasteiger partial charge < -0.3 is 20.6 Å². The van der Waals surface area contributed by atoms with Gasteiger partial charge in [-0.1, -0.05) is 13.8 Å².